The van der Waals surface area contributed by atoms with E-state index in [2.05, 4.69) is 15.6 Å². The van der Waals surface area contributed by atoms with Crippen LogP contribution < -0.4 is 10.6 Å². The van der Waals surface area contributed by atoms with E-state index in [1.807, 2.05) is 32.0 Å². The van der Waals surface area contributed by atoms with Gasteiger partial charge in [0.2, 0.25) is 0 Å². The van der Waals surface area contributed by atoms with Crippen LogP contribution in [0.15, 0.2) is 18.2 Å². The van der Waals surface area contributed by atoms with Crippen LogP contribution in [0.4, 0.5) is 15.6 Å². The molecule has 2 N–H and O–H groups in total. The molecule has 0 aliphatic heterocycles. The smallest absolute Gasteiger partial charge is 0.307 e. The zero-order chi connectivity index (χ0) is 15.5. The molecule has 1 aliphatic carbocycles. The number of hydrogen-bond donors (Lipinski definition) is 2. The van der Waals surface area contributed by atoms with Gasteiger partial charge in [-0.3, -0.25) is 5.32 Å². The van der Waals surface area contributed by atoms with Crippen molar-refractivity contribution in [1.82, 2.24) is 4.98 Å². The van der Waals surface area contributed by atoms with E-state index in [-0.39, 0.29) is 6.03 Å². The molecule has 0 bridgehead atoms. The number of nitrogens with one attached hydrogen (secondary N) is 2. The molecule has 4 nitrogen and oxygen atoms in total. The predicted molar refractivity (Wildman–Crippen MR) is 91.9 cm³/mol. The lowest BCUT2D eigenvalue weighted by Crippen LogP contribution is -2.20. The average molecular weight is 315 g/mol. The lowest BCUT2D eigenvalue weighted by atomic mass is 10.1. The SMILES string of the molecule is Cc1ccc(C)c(NC(=O)Nc2nc3c(s2)CCCCC3)c1. The highest BCUT2D eigenvalue weighted by Crippen LogP contribution is 2.29. The molecule has 0 radical (unpaired) electrons. The second-order valence-corrected chi connectivity index (χ2v) is 6.93. The van der Waals surface area contributed by atoms with Gasteiger partial charge in [0.1, 0.15) is 0 Å². The summed E-state index contributed by atoms with van der Waals surface area (Å²) in [6, 6.07) is 5.80. The zero-order valence-corrected chi connectivity index (χ0v) is 13.8. The second-order valence-electron chi connectivity index (χ2n) is 5.85. The summed E-state index contributed by atoms with van der Waals surface area (Å²) in [5, 5.41) is 6.48. The quantitative estimate of drug-likeness (QED) is 0.791. The molecule has 0 saturated heterocycles. The Bertz CT molecular complexity index is 670. The number of fused-ring (bicyclic) bond motifs is 1. The minimum Gasteiger partial charge on any atom is -0.307 e. The van der Waals surface area contributed by atoms with Crippen LogP contribution in [0.25, 0.3) is 0 Å². The second kappa shape index (κ2) is 6.48. The molecule has 0 fully saturated rings. The number of hydrogen-bond acceptors (Lipinski definition) is 3. The van der Waals surface area contributed by atoms with Gasteiger partial charge < -0.3 is 5.32 Å². The van der Waals surface area contributed by atoms with Crippen LogP contribution in [0.1, 0.15) is 41.0 Å². The van der Waals surface area contributed by atoms with Gasteiger partial charge in [-0.25, -0.2) is 9.78 Å². The lowest BCUT2D eigenvalue weighted by molar-refractivity contribution is 0.262. The first kappa shape index (κ1) is 15.0. The molecule has 0 spiro atoms. The molecular formula is C17H21N3OS. The van der Waals surface area contributed by atoms with Crippen molar-refractivity contribution in [2.45, 2.75) is 46.0 Å². The van der Waals surface area contributed by atoms with Gasteiger partial charge in [-0.05, 0) is 56.7 Å². The number of nitrogens with zero attached hydrogens (tertiary/aromatic N) is 1. The third-order valence-corrected chi connectivity index (χ3v) is 5.03. The number of urea groups is 1. The molecule has 1 aliphatic rings. The Hall–Kier alpha value is -1.88. The van der Waals surface area contributed by atoms with Crippen molar-refractivity contribution in [2.75, 3.05) is 10.6 Å². The fourth-order valence-corrected chi connectivity index (χ4v) is 3.75. The Morgan fingerprint density at radius 2 is 1.95 bits per heavy atom. The molecule has 0 unspecified atom stereocenters. The summed E-state index contributed by atoms with van der Waals surface area (Å²) in [6.07, 6.45) is 5.83. The minimum absolute atomic E-state index is 0.224. The molecule has 0 atom stereocenters. The highest BCUT2D eigenvalue weighted by Gasteiger charge is 2.15. The first-order valence-electron chi connectivity index (χ1n) is 7.75. The van der Waals surface area contributed by atoms with Crippen LogP contribution in [-0.2, 0) is 12.8 Å². The summed E-state index contributed by atoms with van der Waals surface area (Å²) in [7, 11) is 0. The number of benzene rings is 1. The lowest BCUT2D eigenvalue weighted by Gasteiger charge is -2.09. The van der Waals surface area contributed by atoms with E-state index in [1.54, 1.807) is 11.3 Å². The number of thiazole rings is 1. The van der Waals surface area contributed by atoms with Gasteiger partial charge in [-0.2, -0.15) is 0 Å². The van der Waals surface area contributed by atoms with Crippen LogP contribution >= 0.6 is 11.3 Å². The largest absolute Gasteiger partial charge is 0.325 e. The van der Waals surface area contributed by atoms with Gasteiger partial charge in [-0.15, -0.1) is 11.3 Å². The van der Waals surface area contributed by atoms with Crippen molar-refractivity contribution in [2.24, 2.45) is 0 Å². The Labute approximate surface area is 135 Å². The van der Waals surface area contributed by atoms with Gasteiger partial charge in [0.25, 0.3) is 0 Å². The molecule has 0 saturated carbocycles. The molecule has 2 aromatic rings. The Morgan fingerprint density at radius 3 is 2.82 bits per heavy atom. The summed E-state index contributed by atoms with van der Waals surface area (Å²) in [4.78, 5) is 18.1. The third-order valence-electron chi connectivity index (χ3n) is 3.96. The normalized spacial score (nSPS) is 14.1. The van der Waals surface area contributed by atoms with Gasteiger partial charge in [-0.1, -0.05) is 18.6 Å². The number of amides is 2. The van der Waals surface area contributed by atoms with Gasteiger partial charge in [0.05, 0.1) is 5.69 Å². The highest BCUT2D eigenvalue weighted by molar-refractivity contribution is 7.15. The fraction of sp³-hybridized carbons (Fsp3) is 0.412. The van der Waals surface area contributed by atoms with E-state index in [4.69, 9.17) is 0 Å². The van der Waals surface area contributed by atoms with Crippen LogP contribution in [-0.4, -0.2) is 11.0 Å². The molecule has 2 amide bonds. The van der Waals surface area contributed by atoms with Gasteiger partial charge in [0.15, 0.2) is 5.13 Å². The monoisotopic (exact) mass is 315 g/mol. The number of aromatic nitrogens is 1. The number of anilines is 2. The molecular weight excluding hydrogens is 294 g/mol. The maximum Gasteiger partial charge on any atom is 0.325 e. The van der Waals surface area contributed by atoms with Crippen molar-refractivity contribution >= 4 is 28.2 Å². The Kier molecular flexibility index (Phi) is 4.43. The molecule has 1 heterocycles. The molecule has 1 aromatic carbocycles. The first-order valence-corrected chi connectivity index (χ1v) is 8.57. The first-order chi connectivity index (χ1) is 10.6. The molecule has 5 heteroatoms. The summed E-state index contributed by atoms with van der Waals surface area (Å²) in [5.41, 5.74) is 4.19. The summed E-state index contributed by atoms with van der Waals surface area (Å²) in [6.45, 7) is 4.00. The highest BCUT2D eigenvalue weighted by atomic mass is 32.1. The molecule has 1 aromatic heterocycles. The predicted octanol–water partition coefficient (Wildman–Crippen LogP) is 4.67. The number of rotatable bonds is 2. The standard InChI is InChI=1S/C17H21N3OS/c1-11-8-9-12(2)14(10-11)18-16(21)20-17-19-13-6-4-3-5-7-15(13)22-17/h8-10H,3-7H2,1-2H3,(H2,18,19,20,21). The fourth-order valence-electron chi connectivity index (χ4n) is 2.70. The van der Waals surface area contributed by atoms with Gasteiger partial charge >= 0.3 is 6.03 Å². The van der Waals surface area contributed by atoms with Crippen molar-refractivity contribution in [3.05, 3.63) is 39.9 Å². The maximum atomic E-state index is 12.2. The van der Waals surface area contributed by atoms with Crippen molar-refractivity contribution in [1.29, 1.82) is 0 Å². The van der Waals surface area contributed by atoms with E-state index in [1.165, 1.54) is 29.8 Å². The molecule has 3 rings (SSSR count). The molecule has 116 valence electrons. The minimum atomic E-state index is -0.224. The van der Waals surface area contributed by atoms with Crippen LogP contribution in [0.5, 0.6) is 0 Å². The number of carbonyl (C=O) groups excluding carboxylic acids is 1. The van der Waals surface area contributed by atoms with E-state index in [0.717, 1.165) is 29.7 Å². The van der Waals surface area contributed by atoms with Crippen LogP contribution in [0.2, 0.25) is 0 Å². The number of carbonyl (C=O) groups is 1. The van der Waals surface area contributed by atoms with E-state index in [0.29, 0.717) is 5.13 Å². The van der Waals surface area contributed by atoms with Crippen LogP contribution in [0.3, 0.4) is 0 Å². The van der Waals surface area contributed by atoms with E-state index >= 15 is 0 Å². The van der Waals surface area contributed by atoms with Crippen molar-refractivity contribution in [3.63, 3.8) is 0 Å². The van der Waals surface area contributed by atoms with E-state index in [9.17, 15) is 4.79 Å². The molecule has 22 heavy (non-hydrogen) atoms. The average Bonchev–Trinajstić information content (AvgIpc) is 2.71. The van der Waals surface area contributed by atoms with Crippen molar-refractivity contribution < 1.29 is 4.79 Å². The summed E-state index contributed by atoms with van der Waals surface area (Å²) >= 11 is 1.61. The number of aryl methyl sites for hydroxylation is 4. The van der Waals surface area contributed by atoms with Crippen molar-refractivity contribution in [3.8, 4) is 0 Å². The van der Waals surface area contributed by atoms with E-state index < -0.39 is 0 Å². The zero-order valence-electron chi connectivity index (χ0n) is 13.0. The summed E-state index contributed by atoms with van der Waals surface area (Å²) < 4.78 is 0. The Morgan fingerprint density at radius 1 is 1.14 bits per heavy atom. The topological polar surface area (TPSA) is 54.0 Å². The van der Waals surface area contributed by atoms with Gasteiger partial charge in [0, 0.05) is 10.6 Å². The summed E-state index contributed by atoms with van der Waals surface area (Å²) in [5.74, 6) is 0. The Balaban J connectivity index is 1.68. The third kappa shape index (κ3) is 3.47. The van der Waals surface area contributed by atoms with Crippen LogP contribution in [0, 0.1) is 13.8 Å². The maximum absolute atomic E-state index is 12.2.